The minimum Gasteiger partial charge on any atom is -0.351 e. The van der Waals surface area contributed by atoms with E-state index in [1.165, 1.54) is 4.57 Å². The Morgan fingerprint density at radius 2 is 1.86 bits per heavy atom. The third-order valence-corrected chi connectivity index (χ3v) is 5.31. The number of fused-ring (bicyclic) bond motifs is 1. The first-order valence-corrected chi connectivity index (χ1v) is 9.67. The zero-order valence-corrected chi connectivity index (χ0v) is 16.3. The van der Waals surface area contributed by atoms with Gasteiger partial charge >= 0.3 is 6.03 Å². The maximum Gasteiger partial charge on any atom is 0.318 e. The van der Waals surface area contributed by atoms with E-state index in [0.29, 0.717) is 16.1 Å². The van der Waals surface area contributed by atoms with E-state index in [4.69, 9.17) is 5.73 Å². The van der Waals surface area contributed by atoms with E-state index in [1.54, 1.807) is 31.2 Å². The first kappa shape index (κ1) is 19.6. The Bertz CT molecular complexity index is 1110. The highest BCUT2D eigenvalue weighted by Crippen LogP contribution is 2.26. The number of amides is 3. The number of hydrogen-bond acceptors (Lipinski definition) is 5. The molecule has 3 aromatic rings. The van der Waals surface area contributed by atoms with Crippen molar-refractivity contribution >= 4 is 34.6 Å². The molecule has 0 bridgehead atoms. The van der Waals surface area contributed by atoms with Crippen molar-refractivity contribution in [1.82, 2.24) is 14.9 Å². The lowest BCUT2D eigenvalue weighted by Crippen LogP contribution is -2.39. The van der Waals surface area contributed by atoms with Crippen LogP contribution in [0.15, 0.2) is 58.5 Å². The van der Waals surface area contributed by atoms with Gasteiger partial charge in [0.2, 0.25) is 5.91 Å². The molecule has 0 spiro atoms. The van der Waals surface area contributed by atoms with Crippen LogP contribution in [0.1, 0.15) is 19.4 Å². The molecule has 3 amide bonds. The van der Waals surface area contributed by atoms with Crippen molar-refractivity contribution in [2.75, 3.05) is 0 Å². The van der Waals surface area contributed by atoms with Gasteiger partial charge in [-0.15, -0.1) is 0 Å². The van der Waals surface area contributed by atoms with E-state index in [0.717, 1.165) is 29.4 Å². The number of rotatable bonds is 5. The number of urea groups is 1. The molecule has 0 aliphatic carbocycles. The fraction of sp³-hybridized carbons (Fsp3) is 0.200. The van der Waals surface area contributed by atoms with Gasteiger partial charge in [-0.05, 0) is 37.1 Å². The van der Waals surface area contributed by atoms with Gasteiger partial charge in [0.15, 0.2) is 5.16 Å². The number of nitrogens with zero attached hydrogens (tertiary/aromatic N) is 2. The van der Waals surface area contributed by atoms with E-state index in [-0.39, 0.29) is 5.56 Å². The standard InChI is InChI=1S/C20H20N4O3S/c1-3-13-8-4-7-11-16(13)24-18(26)14-9-5-6-10-15(14)22-20(24)28-12(2)17(25)23-19(21)27/h4-12H,3H2,1-2H3,(H3,21,23,25,27)/t12-/m0/s1. The topological polar surface area (TPSA) is 107 Å². The van der Waals surface area contributed by atoms with Gasteiger partial charge in [-0.25, -0.2) is 9.78 Å². The molecule has 1 heterocycles. The van der Waals surface area contributed by atoms with E-state index in [1.807, 2.05) is 31.2 Å². The maximum atomic E-state index is 13.3. The summed E-state index contributed by atoms with van der Waals surface area (Å²) in [4.78, 5) is 41.0. The van der Waals surface area contributed by atoms with Crippen molar-refractivity contribution in [3.05, 3.63) is 64.4 Å². The third-order valence-electron chi connectivity index (χ3n) is 4.26. The van der Waals surface area contributed by atoms with Crippen molar-refractivity contribution in [2.45, 2.75) is 30.7 Å². The number of nitrogens with two attached hydrogens (primary N) is 1. The molecule has 0 saturated carbocycles. The molecule has 1 atom stereocenters. The number of thioether (sulfide) groups is 1. The number of carbonyl (C=O) groups excluding carboxylic acids is 2. The summed E-state index contributed by atoms with van der Waals surface area (Å²) in [6, 6.07) is 13.7. The second-order valence-corrected chi connectivity index (χ2v) is 7.46. The normalized spacial score (nSPS) is 11.9. The molecule has 144 valence electrons. The Kier molecular flexibility index (Phi) is 5.79. The molecule has 0 unspecified atom stereocenters. The lowest BCUT2D eigenvalue weighted by Gasteiger charge is -2.17. The molecule has 0 radical (unpaired) electrons. The molecular weight excluding hydrogens is 376 g/mol. The fourth-order valence-electron chi connectivity index (χ4n) is 2.87. The van der Waals surface area contributed by atoms with E-state index in [9.17, 15) is 14.4 Å². The second kappa shape index (κ2) is 8.26. The first-order valence-electron chi connectivity index (χ1n) is 8.79. The average molecular weight is 396 g/mol. The minimum absolute atomic E-state index is 0.212. The number of benzene rings is 2. The van der Waals surface area contributed by atoms with Gasteiger partial charge in [-0.2, -0.15) is 0 Å². The zero-order chi connectivity index (χ0) is 20.3. The smallest absolute Gasteiger partial charge is 0.318 e. The van der Waals surface area contributed by atoms with Crippen molar-refractivity contribution in [3.63, 3.8) is 0 Å². The Morgan fingerprint density at radius 1 is 1.18 bits per heavy atom. The van der Waals surface area contributed by atoms with Gasteiger partial charge in [0.05, 0.1) is 21.8 Å². The molecule has 2 aromatic carbocycles. The molecule has 28 heavy (non-hydrogen) atoms. The van der Waals surface area contributed by atoms with E-state index < -0.39 is 17.2 Å². The largest absolute Gasteiger partial charge is 0.351 e. The molecular formula is C20H20N4O3S. The van der Waals surface area contributed by atoms with Crippen LogP contribution in [0.25, 0.3) is 16.6 Å². The second-order valence-electron chi connectivity index (χ2n) is 6.15. The van der Waals surface area contributed by atoms with Gasteiger partial charge in [-0.1, -0.05) is 49.0 Å². The van der Waals surface area contributed by atoms with Crippen LogP contribution in [-0.4, -0.2) is 26.7 Å². The minimum atomic E-state index is -0.919. The molecule has 0 aliphatic rings. The van der Waals surface area contributed by atoms with E-state index in [2.05, 4.69) is 10.3 Å². The molecule has 0 aliphatic heterocycles. The molecule has 8 heteroatoms. The van der Waals surface area contributed by atoms with Crippen molar-refractivity contribution in [1.29, 1.82) is 0 Å². The number of nitrogens with one attached hydrogen (secondary N) is 1. The monoisotopic (exact) mass is 396 g/mol. The van der Waals surface area contributed by atoms with Crippen molar-refractivity contribution < 1.29 is 9.59 Å². The number of para-hydroxylation sites is 2. The van der Waals surface area contributed by atoms with Crippen LogP contribution in [0.4, 0.5) is 4.79 Å². The number of carbonyl (C=O) groups is 2. The highest BCUT2D eigenvalue weighted by Gasteiger charge is 2.21. The predicted molar refractivity (Wildman–Crippen MR) is 110 cm³/mol. The number of aromatic nitrogens is 2. The molecule has 3 rings (SSSR count). The maximum absolute atomic E-state index is 13.3. The summed E-state index contributed by atoms with van der Waals surface area (Å²) >= 11 is 1.10. The van der Waals surface area contributed by atoms with Gasteiger partial charge < -0.3 is 5.73 Å². The van der Waals surface area contributed by atoms with Crippen molar-refractivity contribution in [2.24, 2.45) is 5.73 Å². The molecule has 3 N–H and O–H groups in total. The quantitative estimate of drug-likeness (QED) is 0.509. The van der Waals surface area contributed by atoms with Crippen molar-refractivity contribution in [3.8, 4) is 5.69 Å². The highest BCUT2D eigenvalue weighted by atomic mass is 32.2. The van der Waals surface area contributed by atoms with Crippen LogP contribution in [0.2, 0.25) is 0 Å². The number of imide groups is 1. The Morgan fingerprint density at radius 3 is 2.57 bits per heavy atom. The summed E-state index contributed by atoms with van der Waals surface area (Å²) in [5, 5.41) is 2.24. The summed E-state index contributed by atoms with van der Waals surface area (Å²) in [6.45, 7) is 3.63. The van der Waals surface area contributed by atoms with Crippen LogP contribution < -0.4 is 16.6 Å². The summed E-state index contributed by atoms with van der Waals surface area (Å²) in [7, 11) is 0. The van der Waals surface area contributed by atoms with Gasteiger partial charge in [0.1, 0.15) is 0 Å². The van der Waals surface area contributed by atoms with Gasteiger partial charge in [-0.3, -0.25) is 19.5 Å². The highest BCUT2D eigenvalue weighted by molar-refractivity contribution is 8.00. The summed E-state index contributed by atoms with van der Waals surface area (Å²) in [6.07, 6.45) is 0.733. The molecule has 7 nitrogen and oxygen atoms in total. The summed E-state index contributed by atoms with van der Waals surface area (Å²) in [5.74, 6) is -0.546. The Labute approximate surface area is 166 Å². The fourth-order valence-corrected chi connectivity index (χ4v) is 3.79. The molecule has 0 fully saturated rings. The van der Waals surface area contributed by atoms with Crippen LogP contribution in [-0.2, 0) is 11.2 Å². The summed E-state index contributed by atoms with van der Waals surface area (Å²) < 4.78 is 1.53. The van der Waals surface area contributed by atoms with Crippen LogP contribution in [0.3, 0.4) is 0 Å². The van der Waals surface area contributed by atoms with E-state index >= 15 is 0 Å². The van der Waals surface area contributed by atoms with Crippen LogP contribution in [0, 0.1) is 0 Å². The molecule has 0 saturated heterocycles. The summed E-state index contributed by atoms with van der Waals surface area (Å²) in [5.41, 5.74) is 7.07. The average Bonchev–Trinajstić information content (AvgIpc) is 2.68. The number of hydrogen-bond donors (Lipinski definition) is 2. The van der Waals surface area contributed by atoms with Gasteiger partial charge in [0, 0.05) is 0 Å². The van der Waals surface area contributed by atoms with Crippen LogP contribution >= 0.6 is 11.8 Å². The number of aryl methyl sites for hydroxylation is 1. The van der Waals surface area contributed by atoms with Crippen LogP contribution in [0.5, 0.6) is 0 Å². The predicted octanol–water partition coefficient (Wildman–Crippen LogP) is 2.62. The first-order chi connectivity index (χ1) is 13.4. The molecule has 1 aromatic heterocycles. The lowest BCUT2D eigenvalue weighted by molar-refractivity contribution is -0.119. The Balaban J connectivity index is 2.19. The third kappa shape index (κ3) is 3.91. The lowest BCUT2D eigenvalue weighted by atomic mass is 10.1. The Hall–Kier alpha value is -3.13. The zero-order valence-electron chi connectivity index (χ0n) is 15.5. The number of primary amides is 1. The van der Waals surface area contributed by atoms with Gasteiger partial charge in [0.25, 0.3) is 5.56 Å². The SMILES string of the molecule is CCc1ccccc1-n1c(S[C@@H](C)C(=O)NC(N)=O)nc2ccccc2c1=O.